The second-order valence-corrected chi connectivity index (χ2v) is 52.0. The van der Waals surface area contributed by atoms with Crippen LogP contribution in [-0.2, 0) is 0 Å². The van der Waals surface area contributed by atoms with Crippen LogP contribution in [0.2, 0.25) is 0 Å². The van der Waals surface area contributed by atoms with Gasteiger partial charge in [0, 0.05) is 12.1 Å². The van der Waals surface area contributed by atoms with E-state index in [0.717, 1.165) is 4.47 Å². The van der Waals surface area contributed by atoms with Crippen LogP contribution in [0.25, 0.3) is 0 Å². The zero-order chi connectivity index (χ0) is 14.6. The fourth-order valence-corrected chi connectivity index (χ4v) is 7.14. The Bertz CT molecular complexity index is 500. The predicted octanol–water partition coefficient (Wildman–Crippen LogP) is 5.19. The molecule has 1 nitrogen and oxygen atoms in total. The molecular formula is C11H10BrCl5NSb. The van der Waals surface area contributed by atoms with E-state index in [2.05, 4.69) is 20.9 Å². The van der Waals surface area contributed by atoms with Crippen molar-refractivity contribution >= 4 is 73.9 Å². The van der Waals surface area contributed by atoms with Crippen molar-refractivity contribution < 1.29 is 4.98 Å². The minimum atomic E-state index is -5.52. The Morgan fingerprint density at radius 3 is 1.53 bits per heavy atom. The predicted molar refractivity (Wildman–Crippen MR) is 91.8 cm³/mol. The van der Waals surface area contributed by atoms with E-state index in [1.807, 2.05) is 30.6 Å². The average molecular weight is 535 g/mol. The SMILES string of the molecule is [Cl][Sb-]([Cl])([Cl])([Cl])([Cl])[c]1ccc(Br)cc1.c1cc[nH+]cc1. The molecule has 0 aliphatic rings. The molecule has 0 saturated heterocycles. The molecule has 0 spiro atoms. The van der Waals surface area contributed by atoms with Gasteiger partial charge in [0.15, 0.2) is 12.4 Å². The first-order valence-corrected chi connectivity index (χ1v) is 23.2. The summed E-state index contributed by atoms with van der Waals surface area (Å²) in [5, 5.41) is 0. The van der Waals surface area contributed by atoms with Gasteiger partial charge >= 0.3 is 103 Å². The van der Waals surface area contributed by atoms with Crippen molar-refractivity contribution in [2.24, 2.45) is 0 Å². The van der Waals surface area contributed by atoms with Crippen molar-refractivity contribution in [3.05, 3.63) is 59.3 Å². The minimum absolute atomic E-state index is 0.366. The molecule has 1 N–H and O–H groups in total. The van der Waals surface area contributed by atoms with Crippen molar-refractivity contribution in [3.8, 4) is 0 Å². The maximum Gasteiger partial charge on any atom is 0.166 e. The topological polar surface area (TPSA) is 14.1 Å². The van der Waals surface area contributed by atoms with E-state index in [4.69, 9.17) is 44.1 Å². The van der Waals surface area contributed by atoms with Gasteiger partial charge in [0.05, 0.1) is 0 Å². The first kappa shape index (κ1) is 18.2. The van der Waals surface area contributed by atoms with E-state index in [-0.39, 0.29) is 0 Å². The number of hydrogen-bond acceptors (Lipinski definition) is 0. The summed E-state index contributed by atoms with van der Waals surface area (Å²) in [5.74, 6) is 0. The van der Waals surface area contributed by atoms with Crippen LogP contribution in [0.5, 0.6) is 0 Å². The number of pyridine rings is 1. The van der Waals surface area contributed by atoms with Crippen LogP contribution in [0.4, 0.5) is 0 Å². The summed E-state index contributed by atoms with van der Waals surface area (Å²) < 4.78 is 1.24. The first-order chi connectivity index (χ1) is 8.49. The van der Waals surface area contributed by atoms with Crippen LogP contribution in [0.3, 0.4) is 0 Å². The molecular weight excluding hydrogens is 525 g/mol. The molecule has 0 aliphatic carbocycles. The van der Waals surface area contributed by atoms with Crippen molar-refractivity contribution in [2.75, 3.05) is 0 Å². The molecule has 2 aromatic rings. The molecule has 8 heteroatoms. The smallest absolute Gasteiger partial charge is 0.166 e. The summed E-state index contributed by atoms with van der Waals surface area (Å²) in [5.41, 5.74) is 0. The Labute approximate surface area is 136 Å². The number of rotatable bonds is 1. The maximum absolute atomic E-state index is 5.86. The molecule has 0 atom stereocenters. The van der Waals surface area contributed by atoms with E-state index in [9.17, 15) is 0 Å². The van der Waals surface area contributed by atoms with Gasteiger partial charge in [-0.25, -0.2) is 4.98 Å². The fourth-order valence-electron chi connectivity index (χ4n) is 1.06. The molecule has 0 fully saturated rings. The molecule has 1 aromatic carbocycles. The number of benzene rings is 1. The summed E-state index contributed by atoms with van der Waals surface area (Å²) in [7, 11) is 23.8. The number of aromatic amines is 1. The van der Waals surface area contributed by atoms with E-state index in [1.165, 1.54) is 0 Å². The quantitative estimate of drug-likeness (QED) is 0.447. The zero-order valence-corrected chi connectivity index (χ0v) is 17.3. The Hall–Kier alpha value is 1.12. The third-order valence-corrected chi connectivity index (χ3v) is 12.6. The van der Waals surface area contributed by atoms with Gasteiger partial charge in [-0.1, -0.05) is 6.07 Å². The number of halogens is 6. The van der Waals surface area contributed by atoms with E-state index < -0.39 is 10.3 Å². The summed E-state index contributed by atoms with van der Waals surface area (Å²) in [6.45, 7) is 0. The molecule has 0 saturated carbocycles. The van der Waals surface area contributed by atoms with Crippen molar-refractivity contribution in [1.82, 2.24) is 0 Å². The van der Waals surface area contributed by atoms with Gasteiger partial charge in [0.1, 0.15) is 0 Å². The molecule has 1 aromatic heterocycles. The van der Waals surface area contributed by atoms with E-state index >= 15 is 0 Å². The van der Waals surface area contributed by atoms with Gasteiger partial charge in [-0.3, -0.25) is 0 Å². The maximum atomic E-state index is 5.86. The van der Waals surface area contributed by atoms with Gasteiger partial charge < -0.3 is 0 Å². The van der Waals surface area contributed by atoms with Gasteiger partial charge in [0.25, 0.3) is 0 Å². The molecule has 1 heterocycles. The normalized spacial score (nSPS) is 14.6. The summed E-state index contributed by atoms with van der Waals surface area (Å²) in [6.07, 6.45) is 3.75. The molecule has 0 radical (unpaired) electrons. The fraction of sp³-hybridized carbons (Fsp3) is 0. The Morgan fingerprint density at radius 2 is 1.26 bits per heavy atom. The molecule has 2 rings (SSSR count). The molecule has 106 valence electrons. The van der Waals surface area contributed by atoms with Crippen LogP contribution in [0.1, 0.15) is 0 Å². The molecule has 19 heavy (non-hydrogen) atoms. The van der Waals surface area contributed by atoms with Gasteiger partial charge in [-0.2, -0.15) is 0 Å². The second-order valence-electron chi connectivity index (χ2n) is 3.62. The monoisotopic (exact) mass is 531 g/mol. The summed E-state index contributed by atoms with van der Waals surface area (Å²) in [4.78, 5) is 2.89. The minimum Gasteiger partial charge on any atom is -0.218 e. The Kier molecular flexibility index (Phi) is 5.82. The number of hydrogen-bond donors (Lipinski definition) is 0. The molecule has 0 amide bonds. The molecule has 0 unspecified atom stereocenters. The van der Waals surface area contributed by atoms with E-state index in [1.54, 1.807) is 24.3 Å². The standard InChI is InChI=1S/C6H4Br.C5H5N.5ClH.Sb/c7-6-4-2-1-3-5-6;1-2-4-6-5-3-1;;;;;;/h2-5H;1-5H;5*1H;/q;;;;;;;+4/p-4. The van der Waals surface area contributed by atoms with E-state index in [0.29, 0.717) is 3.51 Å². The van der Waals surface area contributed by atoms with Crippen LogP contribution in [0.15, 0.2) is 59.3 Å². The van der Waals surface area contributed by atoms with Gasteiger partial charge in [-0.15, -0.1) is 0 Å². The zero-order valence-electron chi connectivity index (χ0n) is 9.41. The van der Waals surface area contributed by atoms with Gasteiger partial charge in [-0.05, 0) is 0 Å². The Balaban J connectivity index is 0.000000250. The van der Waals surface area contributed by atoms with Crippen molar-refractivity contribution in [3.63, 3.8) is 0 Å². The third kappa shape index (κ3) is 7.62. The first-order valence-electron chi connectivity index (χ1n) is 4.99. The number of aromatic nitrogens is 1. The van der Waals surface area contributed by atoms with Crippen molar-refractivity contribution in [1.29, 1.82) is 0 Å². The summed E-state index contributed by atoms with van der Waals surface area (Å²) >= 11 is 3.25. The summed E-state index contributed by atoms with van der Waals surface area (Å²) in [6, 6.07) is 12.5. The van der Waals surface area contributed by atoms with Crippen molar-refractivity contribution in [2.45, 2.75) is 0 Å². The van der Waals surface area contributed by atoms with Crippen LogP contribution in [-0.4, -0.2) is 10.3 Å². The molecule has 0 aliphatic heterocycles. The number of H-pyrrole nitrogens is 1. The largest absolute Gasteiger partial charge is 0.218 e. The molecule has 0 bridgehead atoms. The number of nitrogens with one attached hydrogen (secondary N) is 1. The van der Waals surface area contributed by atoms with Crippen LogP contribution < -0.4 is 8.49 Å². The Morgan fingerprint density at radius 1 is 0.789 bits per heavy atom. The van der Waals surface area contributed by atoms with Crippen LogP contribution in [0, 0.1) is 0 Å². The third-order valence-electron chi connectivity index (χ3n) is 1.92. The van der Waals surface area contributed by atoms with Gasteiger partial charge in [0.2, 0.25) is 0 Å². The average Bonchev–Trinajstić information content (AvgIpc) is 2.29. The van der Waals surface area contributed by atoms with Crippen LogP contribution >= 0.6 is 60.1 Å². The second kappa shape index (κ2) is 6.08.